The molecule has 19 heavy (non-hydrogen) atoms. The molecule has 104 valence electrons. The normalized spacial score (nSPS) is 13.5. The molecule has 5 nitrogen and oxygen atoms in total. The second-order valence-corrected chi connectivity index (χ2v) is 4.65. The van der Waals surface area contributed by atoms with Gasteiger partial charge in [0.25, 0.3) is 5.91 Å². The molecule has 6 heteroatoms. The molecule has 0 aliphatic carbocycles. The monoisotopic (exact) mass is 285 g/mol. The molecule has 0 heterocycles. The first-order valence-corrected chi connectivity index (χ1v) is 6.11. The second-order valence-electron chi connectivity index (χ2n) is 4.24. The largest absolute Gasteiger partial charge is 0.495 e. The summed E-state index contributed by atoms with van der Waals surface area (Å²) in [4.78, 5) is 22.8. The second kappa shape index (κ2) is 6.43. The molecular formula is C13H16ClNO4. The number of carboxylic acids is 1. The highest BCUT2D eigenvalue weighted by molar-refractivity contribution is 6.32. The summed E-state index contributed by atoms with van der Waals surface area (Å²) < 4.78 is 5.02. The van der Waals surface area contributed by atoms with Gasteiger partial charge in [-0.25, -0.2) is 0 Å². The van der Waals surface area contributed by atoms with Crippen molar-refractivity contribution in [3.05, 3.63) is 28.8 Å². The summed E-state index contributed by atoms with van der Waals surface area (Å²) in [5, 5.41) is 11.9. The molecule has 1 rings (SSSR count). The van der Waals surface area contributed by atoms with Gasteiger partial charge in [0.15, 0.2) is 0 Å². The van der Waals surface area contributed by atoms with Crippen LogP contribution in [0, 0.1) is 5.92 Å². The zero-order valence-electron chi connectivity index (χ0n) is 10.9. The van der Waals surface area contributed by atoms with Gasteiger partial charge in [-0.05, 0) is 32.0 Å². The summed E-state index contributed by atoms with van der Waals surface area (Å²) >= 11 is 5.86. The molecule has 1 aromatic rings. The first kappa shape index (κ1) is 15.3. The SMILES string of the molecule is COc1cc(C(=O)NC(C)C(C)C(=O)O)ccc1Cl. The van der Waals surface area contributed by atoms with Gasteiger partial charge in [-0.3, -0.25) is 9.59 Å². The van der Waals surface area contributed by atoms with Crippen molar-refractivity contribution in [3.63, 3.8) is 0 Å². The molecule has 0 saturated carbocycles. The lowest BCUT2D eigenvalue weighted by Crippen LogP contribution is -2.40. The number of aliphatic carboxylic acids is 1. The fraction of sp³-hybridized carbons (Fsp3) is 0.385. The summed E-state index contributed by atoms with van der Waals surface area (Å²) in [5.41, 5.74) is 0.366. The number of methoxy groups -OCH3 is 1. The van der Waals surface area contributed by atoms with Crippen LogP contribution in [0.3, 0.4) is 0 Å². The Hall–Kier alpha value is -1.75. The molecule has 1 amide bonds. The van der Waals surface area contributed by atoms with Crippen molar-refractivity contribution < 1.29 is 19.4 Å². The quantitative estimate of drug-likeness (QED) is 0.869. The fourth-order valence-electron chi connectivity index (χ4n) is 1.43. The molecular weight excluding hydrogens is 270 g/mol. The molecule has 0 spiro atoms. The van der Waals surface area contributed by atoms with E-state index in [4.69, 9.17) is 21.4 Å². The van der Waals surface area contributed by atoms with Crippen LogP contribution < -0.4 is 10.1 Å². The number of nitrogens with one attached hydrogen (secondary N) is 1. The Bertz CT molecular complexity index is 490. The van der Waals surface area contributed by atoms with Gasteiger partial charge in [0, 0.05) is 11.6 Å². The number of rotatable bonds is 5. The molecule has 1 aromatic carbocycles. The van der Waals surface area contributed by atoms with E-state index in [2.05, 4.69) is 5.32 Å². The first-order chi connectivity index (χ1) is 8.86. The lowest BCUT2D eigenvalue weighted by Gasteiger charge is -2.18. The van der Waals surface area contributed by atoms with E-state index in [0.717, 1.165) is 0 Å². The van der Waals surface area contributed by atoms with E-state index in [1.165, 1.54) is 20.1 Å². The fourth-order valence-corrected chi connectivity index (χ4v) is 1.62. The predicted molar refractivity (Wildman–Crippen MR) is 71.7 cm³/mol. The molecule has 0 aromatic heterocycles. The number of carboxylic acid groups (broad SMARTS) is 1. The van der Waals surface area contributed by atoms with Crippen molar-refractivity contribution in [2.45, 2.75) is 19.9 Å². The Balaban J connectivity index is 2.81. The third kappa shape index (κ3) is 3.86. The summed E-state index contributed by atoms with van der Waals surface area (Å²) in [5.74, 6) is -1.59. The highest BCUT2D eigenvalue weighted by Gasteiger charge is 2.21. The van der Waals surface area contributed by atoms with Gasteiger partial charge < -0.3 is 15.2 Å². The molecule has 2 N–H and O–H groups in total. The van der Waals surface area contributed by atoms with Gasteiger partial charge in [0.05, 0.1) is 18.1 Å². The third-order valence-electron chi connectivity index (χ3n) is 2.91. The van der Waals surface area contributed by atoms with Crippen LogP contribution in [-0.4, -0.2) is 30.1 Å². The molecule has 0 bridgehead atoms. The van der Waals surface area contributed by atoms with Crippen molar-refractivity contribution >= 4 is 23.5 Å². The molecule has 0 aliphatic rings. The van der Waals surface area contributed by atoms with E-state index >= 15 is 0 Å². The summed E-state index contributed by atoms with van der Waals surface area (Å²) in [6.45, 7) is 3.18. The Kier molecular flexibility index (Phi) is 5.18. The van der Waals surface area contributed by atoms with Gasteiger partial charge in [-0.2, -0.15) is 0 Å². The smallest absolute Gasteiger partial charge is 0.308 e. The molecule has 0 aliphatic heterocycles. The van der Waals surface area contributed by atoms with Crippen molar-refractivity contribution in [2.75, 3.05) is 7.11 Å². The lowest BCUT2D eigenvalue weighted by atomic mass is 10.0. The maximum Gasteiger partial charge on any atom is 0.308 e. The average Bonchev–Trinajstić information content (AvgIpc) is 2.37. The predicted octanol–water partition coefficient (Wildman–Crippen LogP) is 2.19. The van der Waals surface area contributed by atoms with Crippen LogP contribution in [0.25, 0.3) is 0 Å². The summed E-state index contributed by atoms with van der Waals surface area (Å²) in [6.07, 6.45) is 0. The molecule has 2 unspecified atom stereocenters. The third-order valence-corrected chi connectivity index (χ3v) is 3.22. The lowest BCUT2D eigenvalue weighted by molar-refractivity contribution is -0.141. The Morgan fingerprint density at radius 1 is 1.37 bits per heavy atom. The van der Waals surface area contributed by atoms with Gasteiger partial charge in [0.2, 0.25) is 0 Å². The number of hydrogen-bond donors (Lipinski definition) is 2. The van der Waals surface area contributed by atoms with Crippen molar-refractivity contribution in [3.8, 4) is 5.75 Å². The van der Waals surface area contributed by atoms with Crippen LogP contribution in [0.15, 0.2) is 18.2 Å². The van der Waals surface area contributed by atoms with E-state index in [0.29, 0.717) is 16.3 Å². The molecule has 2 atom stereocenters. The molecule has 0 fully saturated rings. The minimum atomic E-state index is -0.957. The minimum absolute atomic E-state index is 0.365. The van der Waals surface area contributed by atoms with Crippen molar-refractivity contribution in [1.29, 1.82) is 0 Å². The summed E-state index contributed by atoms with van der Waals surface area (Å²) in [7, 11) is 1.46. The zero-order chi connectivity index (χ0) is 14.6. The van der Waals surface area contributed by atoms with Crippen LogP contribution in [0.2, 0.25) is 5.02 Å². The van der Waals surface area contributed by atoms with Gasteiger partial charge in [0.1, 0.15) is 5.75 Å². The van der Waals surface area contributed by atoms with Gasteiger partial charge >= 0.3 is 5.97 Å². The summed E-state index contributed by atoms with van der Waals surface area (Å²) in [6, 6.07) is 4.14. The molecule has 0 saturated heterocycles. The zero-order valence-corrected chi connectivity index (χ0v) is 11.7. The molecule has 0 radical (unpaired) electrons. The highest BCUT2D eigenvalue weighted by atomic mass is 35.5. The van der Waals surface area contributed by atoms with E-state index < -0.39 is 17.9 Å². The number of hydrogen-bond acceptors (Lipinski definition) is 3. The van der Waals surface area contributed by atoms with Crippen LogP contribution in [0.4, 0.5) is 0 Å². The van der Waals surface area contributed by atoms with E-state index in [-0.39, 0.29) is 5.91 Å². The van der Waals surface area contributed by atoms with Gasteiger partial charge in [-0.15, -0.1) is 0 Å². The van der Waals surface area contributed by atoms with Crippen LogP contribution in [0.5, 0.6) is 5.75 Å². The average molecular weight is 286 g/mol. The first-order valence-electron chi connectivity index (χ1n) is 5.74. The Labute approximate surface area is 116 Å². The van der Waals surface area contributed by atoms with Crippen molar-refractivity contribution in [2.24, 2.45) is 5.92 Å². The van der Waals surface area contributed by atoms with Crippen molar-refractivity contribution in [1.82, 2.24) is 5.32 Å². The maximum atomic E-state index is 12.0. The topological polar surface area (TPSA) is 75.6 Å². The number of amides is 1. The van der Waals surface area contributed by atoms with E-state index in [1.54, 1.807) is 19.1 Å². The van der Waals surface area contributed by atoms with E-state index in [9.17, 15) is 9.59 Å². The number of halogens is 1. The standard InChI is InChI=1S/C13H16ClNO4/c1-7(13(17)18)8(2)15-12(16)9-4-5-10(14)11(6-9)19-3/h4-8H,1-3H3,(H,15,16)(H,17,18). The number of ether oxygens (including phenoxy) is 1. The van der Waals surface area contributed by atoms with Crippen LogP contribution in [-0.2, 0) is 4.79 Å². The Morgan fingerprint density at radius 3 is 2.53 bits per heavy atom. The van der Waals surface area contributed by atoms with Crippen LogP contribution in [0.1, 0.15) is 24.2 Å². The van der Waals surface area contributed by atoms with Gasteiger partial charge in [-0.1, -0.05) is 11.6 Å². The number of carbonyl (C=O) groups excluding carboxylic acids is 1. The number of carbonyl (C=O) groups is 2. The number of benzene rings is 1. The maximum absolute atomic E-state index is 12.0. The minimum Gasteiger partial charge on any atom is -0.495 e. The van der Waals surface area contributed by atoms with E-state index in [1.807, 2.05) is 0 Å². The highest BCUT2D eigenvalue weighted by Crippen LogP contribution is 2.25. The Morgan fingerprint density at radius 2 is 2.00 bits per heavy atom. The van der Waals surface area contributed by atoms with Crippen LogP contribution >= 0.6 is 11.6 Å².